The summed E-state index contributed by atoms with van der Waals surface area (Å²) in [6.07, 6.45) is 2.76. The van der Waals surface area contributed by atoms with Crippen molar-refractivity contribution in [1.29, 1.82) is 0 Å². The van der Waals surface area contributed by atoms with Crippen LogP contribution in [0, 0.1) is 13.8 Å². The first-order chi connectivity index (χ1) is 9.79. The van der Waals surface area contributed by atoms with Crippen LogP contribution in [-0.4, -0.2) is 24.5 Å². The van der Waals surface area contributed by atoms with Crippen LogP contribution in [0.2, 0.25) is 0 Å². The van der Waals surface area contributed by atoms with Crippen LogP contribution in [0.25, 0.3) is 0 Å². The van der Waals surface area contributed by atoms with Crippen LogP contribution in [0.5, 0.6) is 0 Å². The van der Waals surface area contributed by atoms with E-state index in [0.29, 0.717) is 22.4 Å². The summed E-state index contributed by atoms with van der Waals surface area (Å²) >= 11 is 0. The molecule has 0 unspecified atom stereocenters. The van der Waals surface area contributed by atoms with E-state index in [9.17, 15) is 13.2 Å². The van der Waals surface area contributed by atoms with E-state index in [2.05, 4.69) is 15.5 Å². The molecule has 0 saturated heterocycles. The molecule has 110 valence electrons. The highest BCUT2D eigenvalue weighted by Crippen LogP contribution is 2.26. The lowest BCUT2D eigenvalue weighted by molar-refractivity contribution is 0.102. The molecule has 1 aromatic carbocycles. The van der Waals surface area contributed by atoms with Gasteiger partial charge in [-0.2, -0.15) is 10.2 Å². The van der Waals surface area contributed by atoms with Crippen molar-refractivity contribution in [2.75, 3.05) is 5.32 Å². The van der Waals surface area contributed by atoms with E-state index in [4.69, 9.17) is 10.7 Å². The van der Waals surface area contributed by atoms with Gasteiger partial charge in [-0.25, -0.2) is 8.42 Å². The lowest BCUT2D eigenvalue weighted by atomic mass is 10.1. The Kier molecular flexibility index (Phi) is 4.24. The zero-order valence-corrected chi connectivity index (χ0v) is 12.9. The van der Waals surface area contributed by atoms with Crippen LogP contribution in [0.4, 0.5) is 5.69 Å². The first-order valence-corrected chi connectivity index (χ1v) is 8.24. The van der Waals surface area contributed by atoms with E-state index in [-0.39, 0.29) is 10.8 Å². The Balaban J connectivity index is 2.36. The summed E-state index contributed by atoms with van der Waals surface area (Å²) in [5, 5.41) is 9.96. The molecule has 0 bridgehead atoms. The summed E-state index contributed by atoms with van der Waals surface area (Å²) in [5.41, 5.74) is 2.10. The van der Waals surface area contributed by atoms with Crippen molar-refractivity contribution < 1.29 is 13.2 Å². The Morgan fingerprint density at radius 1 is 1.19 bits per heavy atom. The third-order valence-electron chi connectivity index (χ3n) is 2.87. The second kappa shape index (κ2) is 5.79. The van der Waals surface area contributed by atoms with Crippen molar-refractivity contribution in [2.45, 2.75) is 18.7 Å². The Morgan fingerprint density at radius 3 is 2.29 bits per heavy atom. The highest BCUT2D eigenvalue weighted by molar-refractivity contribution is 8.13. The summed E-state index contributed by atoms with van der Waals surface area (Å²) in [5.74, 6) is -0.349. The minimum absolute atomic E-state index is 0.00254. The predicted octanol–water partition coefficient (Wildman–Crippen LogP) is 2.27. The fraction of sp³-hybridized carbons (Fsp3) is 0.154. The first kappa shape index (κ1) is 15.4. The van der Waals surface area contributed by atoms with Gasteiger partial charge in [-0.05, 0) is 43.2 Å². The third kappa shape index (κ3) is 3.56. The largest absolute Gasteiger partial charge is 0.321 e. The summed E-state index contributed by atoms with van der Waals surface area (Å²) in [7, 11) is 1.52. The zero-order chi connectivity index (χ0) is 15.6. The molecule has 6 nitrogen and oxygen atoms in total. The second-order valence-electron chi connectivity index (χ2n) is 4.46. The SMILES string of the molecule is Cc1cc(S(=O)(=O)Cl)cc(C)c1NC(=O)c1ccnnc1. The lowest BCUT2D eigenvalue weighted by Crippen LogP contribution is -2.14. The molecular formula is C13H12ClN3O3S. The van der Waals surface area contributed by atoms with Crippen LogP contribution in [0.3, 0.4) is 0 Å². The van der Waals surface area contributed by atoms with E-state index in [1.807, 2.05) is 0 Å². The number of halogens is 1. The van der Waals surface area contributed by atoms with Gasteiger partial charge in [-0.1, -0.05) is 0 Å². The minimum Gasteiger partial charge on any atom is -0.321 e. The molecule has 1 heterocycles. The van der Waals surface area contributed by atoms with E-state index >= 15 is 0 Å². The van der Waals surface area contributed by atoms with Crippen molar-refractivity contribution in [3.63, 3.8) is 0 Å². The Labute approximate surface area is 126 Å². The number of rotatable bonds is 3. The van der Waals surface area contributed by atoms with Crippen molar-refractivity contribution in [3.8, 4) is 0 Å². The molecule has 0 fully saturated rings. The molecule has 2 aromatic rings. The topological polar surface area (TPSA) is 89.0 Å². The van der Waals surface area contributed by atoms with Gasteiger partial charge in [0.1, 0.15) is 0 Å². The molecular weight excluding hydrogens is 314 g/mol. The lowest BCUT2D eigenvalue weighted by Gasteiger charge is -2.12. The number of nitrogens with one attached hydrogen (secondary N) is 1. The van der Waals surface area contributed by atoms with Crippen molar-refractivity contribution in [2.24, 2.45) is 0 Å². The highest BCUT2D eigenvalue weighted by atomic mass is 35.7. The first-order valence-electron chi connectivity index (χ1n) is 5.93. The maximum atomic E-state index is 12.1. The molecule has 0 spiro atoms. The summed E-state index contributed by atoms with van der Waals surface area (Å²) in [6, 6.07) is 4.36. The maximum absolute atomic E-state index is 12.1. The monoisotopic (exact) mass is 325 g/mol. The molecule has 8 heteroatoms. The molecule has 0 atom stereocenters. The normalized spacial score (nSPS) is 11.2. The van der Waals surface area contributed by atoms with Gasteiger partial charge in [0, 0.05) is 16.4 Å². The summed E-state index contributed by atoms with van der Waals surface area (Å²) < 4.78 is 22.7. The standard InChI is InChI=1S/C13H12ClN3O3S/c1-8-5-11(21(14,19)20)6-9(2)12(8)17-13(18)10-3-4-15-16-7-10/h3-7H,1-2H3,(H,17,18). The molecule has 1 amide bonds. The Bertz CT molecular complexity index is 769. The quantitative estimate of drug-likeness (QED) is 0.874. The molecule has 0 aliphatic rings. The van der Waals surface area contributed by atoms with Gasteiger partial charge in [-0.3, -0.25) is 4.79 Å². The number of nitrogens with zero attached hydrogens (tertiary/aromatic N) is 2. The molecule has 21 heavy (non-hydrogen) atoms. The fourth-order valence-corrected chi connectivity index (χ4v) is 2.77. The Morgan fingerprint density at radius 2 is 1.81 bits per heavy atom. The maximum Gasteiger partial charge on any atom is 0.261 e. The average Bonchev–Trinajstić information content (AvgIpc) is 2.42. The zero-order valence-electron chi connectivity index (χ0n) is 11.3. The number of carbonyl (C=O) groups excluding carboxylic acids is 1. The molecule has 1 N–H and O–H groups in total. The second-order valence-corrected chi connectivity index (χ2v) is 7.02. The molecule has 0 radical (unpaired) electrons. The van der Waals surface area contributed by atoms with Crippen molar-refractivity contribution in [3.05, 3.63) is 47.3 Å². The van der Waals surface area contributed by atoms with Crippen LogP contribution >= 0.6 is 10.7 Å². The van der Waals surface area contributed by atoms with Crippen LogP contribution < -0.4 is 5.32 Å². The number of hydrogen-bond donors (Lipinski definition) is 1. The van der Waals surface area contributed by atoms with Gasteiger partial charge in [0.2, 0.25) is 0 Å². The van der Waals surface area contributed by atoms with Crippen LogP contribution in [-0.2, 0) is 9.05 Å². The molecule has 0 aliphatic heterocycles. The third-order valence-corrected chi connectivity index (χ3v) is 4.21. The molecule has 1 aromatic heterocycles. The molecule has 0 saturated carbocycles. The molecule has 0 aliphatic carbocycles. The minimum atomic E-state index is -3.80. The van der Waals surface area contributed by atoms with Gasteiger partial charge in [0.25, 0.3) is 15.0 Å². The van der Waals surface area contributed by atoms with Gasteiger partial charge in [-0.15, -0.1) is 0 Å². The number of aryl methyl sites for hydroxylation is 2. The number of benzene rings is 1. The van der Waals surface area contributed by atoms with Gasteiger partial charge in [0.15, 0.2) is 0 Å². The van der Waals surface area contributed by atoms with Gasteiger partial charge < -0.3 is 5.32 Å². The van der Waals surface area contributed by atoms with Crippen LogP contribution in [0.15, 0.2) is 35.5 Å². The average molecular weight is 326 g/mol. The number of amides is 1. The number of hydrogen-bond acceptors (Lipinski definition) is 5. The predicted molar refractivity (Wildman–Crippen MR) is 78.9 cm³/mol. The highest BCUT2D eigenvalue weighted by Gasteiger charge is 2.16. The summed E-state index contributed by atoms with van der Waals surface area (Å²) in [6.45, 7) is 3.39. The van der Waals surface area contributed by atoms with E-state index < -0.39 is 9.05 Å². The number of aromatic nitrogens is 2. The van der Waals surface area contributed by atoms with Crippen LogP contribution in [0.1, 0.15) is 21.5 Å². The van der Waals surface area contributed by atoms with Gasteiger partial charge in [0.05, 0.1) is 22.9 Å². The number of carbonyl (C=O) groups is 1. The van der Waals surface area contributed by atoms with Crippen molar-refractivity contribution in [1.82, 2.24) is 10.2 Å². The van der Waals surface area contributed by atoms with E-state index in [1.54, 1.807) is 13.8 Å². The summed E-state index contributed by atoms with van der Waals surface area (Å²) in [4.78, 5) is 12.1. The van der Waals surface area contributed by atoms with Gasteiger partial charge >= 0.3 is 0 Å². The molecule has 2 rings (SSSR count). The van der Waals surface area contributed by atoms with E-state index in [0.717, 1.165) is 0 Å². The number of anilines is 1. The smallest absolute Gasteiger partial charge is 0.261 e. The Hall–Kier alpha value is -1.99. The van der Waals surface area contributed by atoms with E-state index in [1.165, 1.54) is 30.6 Å². The van der Waals surface area contributed by atoms with Crippen molar-refractivity contribution >= 4 is 31.3 Å². The fourth-order valence-electron chi connectivity index (χ4n) is 1.87.